The van der Waals surface area contributed by atoms with Crippen LogP contribution in [0.2, 0.25) is 0 Å². The fourth-order valence-electron chi connectivity index (χ4n) is 2.46. The van der Waals surface area contributed by atoms with E-state index in [9.17, 15) is 22.8 Å². The molecule has 10 heteroatoms. The minimum absolute atomic E-state index is 0.163. The molecule has 3 rings (SSSR count). The molecule has 1 atom stereocenters. The summed E-state index contributed by atoms with van der Waals surface area (Å²) in [6.07, 6.45) is -1.32. The number of aromatic nitrogens is 1. The highest BCUT2D eigenvalue weighted by atomic mass is 32.1. The van der Waals surface area contributed by atoms with Crippen molar-refractivity contribution in [1.82, 2.24) is 4.98 Å². The van der Waals surface area contributed by atoms with Crippen molar-refractivity contribution in [1.29, 1.82) is 0 Å². The lowest BCUT2D eigenvalue weighted by Crippen LogP contribution is -2.30. The highest BCUT2D eigenvalue weighted by Crippen LogP contribution is 2.20. The van der Waals surface area contributed by atoms with Gasteiger partial charge in [0.25, 0.3) is 5.91 Å². The van der Waals surface area contributed by atoms with Gasteiger partial charge >= 0.3 is 5.97 Å². The minimum Gasteiger partial charge on any atom is -0.487 e. The number of carbonyl (C=O) groups is 2. The van der Waals surface area contributed by atoms with Crippen LogP contribution in [0.3, 0.4) is 0 Å². The molecule has 0 saturated heterocycles. The Morgan fingerprint density at radius 2 is 1.81 bits per heavy atom. The molecular formula is C21H17F3N2O4S. The van der Waals surface area contributed by atoms with Gasteiger partial charge in [-0.15, -0.1) is 11.3 Å². The molecule has 3 aromatic rings. The van der Waals surface area contributed by atoms with Gasteiger partial charge in [-0.25, -0.2) is 22.9 Å². The molecule has 0 spiro atoms. The van der Waals surface area contributed by atoms with Crippen LogP contribution in [-0.4, -0.2) is 23.0 Å². The molecule has 31 heavy (non-hydrogen) atoms. The highest BCUT2D eigenvalue weighted by Gasteiger charge is 2.22. The number of nitrogens with one attached hydrogen (secondary N) is 1. The molecule has 162 valence electrons. The second kappa shape index (κ2) is 9.61. The van der Waals surface area contributed by atoms with Gasteiger partial charge in [0.2, 0.25) is 0 Å². The first-order chi connectivity index (χ1) is 14.7. The van der Waals surface area contributed by atoms with E-state index >= 15 is 0 Å². The van der Waals surface area contributed by atoms with E-state index in [-0.39, 0.29) is 12.2 Å². The average molecular weight is 450 g/mol. The predicted octanol–water partition coefficient (Wildman–Crippen LogP) is 4.63. The van der Waals surface area contributed by atoms with Crippen molar-refractivity contribution in [3.05, 3.63) is 75.5 Å². The van der Waals surface area contributed by atoms with Gasteiger partial charge in [0, 0.05) is 5.38 Å². The van der Waals surface area contributed by atoms with Crippen LogP contribution >= 0.6 is 11.3 Å². The van der Waals surface area contributed by atoms with Gasteiger partial charge in [-0.2, -0.15) is 0 Å². The summed E-state index contributed by atoms with van der Waals surface area (Å²) in [5, 5.41) is 4.88. The summed E-state index contributed by atoms with van der Waals surface area (Å²) in [7, 11) is 0. The Kier molecular flexibility index (Phi) is 6.91. The highest BCUT2D eigenvalue weighted by molar-refractivity contribution is 7.09. The van der Waals surface area contributed by atoms with Crippen LogP contribution < -0.4 is 10.1 Å². The summed E-state index contributed by atoms with van der Waals surface area (Å²) in [5.41, 5.74) is 0.391. The van der Waals surface area contributed by atoms with Crippen molar-refractivity contribution in [2.45, 2.75) is 26.6 Å². The molecule has 0 saturated carbocycles. The molecule has 0 bridgehead atoms. The molecule has 0 aliphatic heterocycles. The number of nitrogens with zero attached hydrogens (tertiary/aromatic N) is 1. The van der Waals surface area contributed by atoms with E-state index in [0.717, 1.165) is 16.8 Å². The monoisotopic (exact) mass is 450 g/mol. The van der Waals surface area contributed by atoms with Crippen molar-refractivity contribution in [2.24, 2.45) is 0 Å². The van der Waals surface area contributed by atoms with Gasteiger partial charge in [-0.1, -0.05) is 0 Å². The summed E-state index contributed by atoms with van der Waals surface area (Å²) >= 11 is 1.52. The van der Waals surface area contributed by atoms with E-state index in [0.29, 0.717) is 11.8 Å². The number of thiazole rings is 1. The maximum atomic E-state index is 13.7. The number of aryl methyl sites for hydroxylation is 1. The van der Waals surface area contributed by atoms with Crippen LogP contribution in [0.4, 0.5) is 18.9 Å². The molecule has 0 aliphatic carbocycles. The second-order valence-electron chi connectivity index (χ2n) is 6.43. The number of esters is 1. The molecule has 0 aliphatic rings. The first kappa shape index (κ1) is 22.3. The van der Waals surface area contributed by atoms with E-state index in [1.807, 2.05) is 12.3 Å². The van der Waals surface area contributed by atoms with Crippen LogP contribution in [0, 0.1) is 24.4 Å². The van der Waals surface area contributed by atoms with Crippen molar-refractivity contribution < 1.29 is 32.2 Å². The number of hydrogen-bond acceptors (Lipinski definition) is 6. The third kappa shape index (κ3) is 5.60. The molecule has 1 unspecified atom stereocenters. The molecular weight excluding hydrogens is 433 g/mol. The zero-order valence-electron chi connectivity index (χ0n) is 16.4. The second-order valence-corrected chi connectivity index (χ2v) is 7.49. The largest absolute Gasteiger partial charge is 0.487 e. The van der Waals surface area contributed by atoms with Crippen LogP contribution in [0.15, 0.2) is 41.8 Å². The molecule has 6 nitrogen and oxygen atoms in total. The van der Waals surface area contributed by atoms with Gasteiger partial charge in [0.05, 0.1) is 22.0 Å². The van der Waals surface area contributed by atoms with Crippen LogP contribution in [0.1, 0.15) is 28.0 Å². The molecule has 0 fully saturated rings. The lowest BCUT2D eigenvalue weighted by molar-refractivity contribution is -0.123. The minimum atomic E-state index is -1.71. The molecule has 2 aromatic carbocycles. The Hall–Kier alpha value is -3.40. The van der Waals surface area contributed by atoms with E-state index in [1.54, 1.807) is 12.1 Å². The fraction of sp³-hybridized carbons (Fsp3) is 0.190. The number of ether oxygens (including phenoxy) is 2. The molecule has 1 aromatic heterocycles. The number of carbonyl (C=O) groups excluding carboxylic acids is 2. The number of amides is 1. The van der Waals surface area contributed by atoms with Crippen molar-refractivity contribution >= 4 is 28.9 Å². The first-order valence-corrected chi connectivity index (χ1v) is 9.91. The maximum Gasteiger partial charge on any atom is 0.338 e. The molecule has 0 radical (unpaired) electrons. The summed E-state index contributed by atoms with van der Waals surface area (Å²) in [6, 6.07) is 7.59. The predicted molar refractivity (Wildman–Crippen MR) is 107 cm³/mol. The zero-order valence-corrected chi connectivity index (χ0v) is 17.3. The Labute approximate surface area is 179 Å². The molecule has 1 N–H and O–H groups in total. The number of rotatable bonds is 7. The number of halogens is 3. The Bertz CT molecular complexity index is 1100. The number of benzene rings is 2. The lowest BCUT2D eigenvalue weighted by Gasteiger charge is -2.14. The van der Waals surface area contributed by atoms with Gasteiger partial charge in [-0.05, 0) is 50.2 Å². The van der Waals surface area contributed by atoms with Crippen molar-refractivity contribution in [3.63, 3.8) is 0 Å². The van der Waals surface area contributed by atoms with Crippen LogP contribution in [0.5, 0.6) is 5.75 Å². The smallest absolute Gasteiger partial charge is 0.338 e. The average Bonchev–Trinajstić information content (AvgIpc) is 3.18. The van der Waals surface area contributed by atoms with E-state index < -0.39 is 41.1 Å². The van der Waals surface area contributed by atoms with Gasteiger partial charge in [-0.3, -0.25) is 4.79 Å². The van der Waals surface area contributed by atoms with Crippen molar-refractivity contribution in [3.8, 4) is 5.75 Å². The quantitative estimate of drug-likeness (QED) is 0.420. The first-order valence-electron chi connectivity index (χ1n) is 9.04. The van der Waals surface area contributed by atoms with E-state index in [4.69, 9.17) is 9.47 Å². The molecule has 1 amide bonds. The normalized spacial score (nSPS) is 11.6. The lowest BCUT2D eigenvalue weighted by atomic mass is 10.2. The van der Waals surface area contributed by atoms with Crippen LogP contribution in [0.25, 0.3) is 0 Å². The summed E-state index contributed by atoms with van der Waals surface area (Å²) in [4.78, 5) is 28.6. The third-order valence-corrected chi connectivity index (χ3v) is 4.91. The standard InChI is InChI=1S/C21H17F3N2O4S/c1-11(20(27)26-17-8-7-16(22)18(23)19(17)24)30-21(28)13-3-5-15(6-4-13)29-9-14-10-31-12(2)25-14/h3-8,10-11H,9H2,1-2H3,(H,26,27). The Morgan fingerprint density at radius 3 is 2.45 bits per heavy atom. The topological polar surface area (TPSA) is 77.5 Å². The van der Waals surface area contributed by atoms with Gasteiger partial charge in [0.1, 0.15) is 12.4 Å². The van der Waals surface area contributed by atoms with E-state index in [2.05, 4.69) is 10.3 Å². The van der Waals surface area contributed by atoms with Gasteiger partial charge < -0.3 is 14.8 Å². The Balaban J connectivity index is 1.55. The molecule has 1 heterocycles. The number of anilines is 1. The fourth-order valence-corrected chi connectivity index (χ4v) is 3.06. The third-order valence-electron chi connectivity index (χ3n) is 4.09. The maximum absolute atomic E-state index is 13.7. The summed E-state index contributed by atoms with van der Waals surface area (Å²) in [5.74, 6) is -5.83. The Morgan fingerprint density at radius 1 is 1.10 bits per heavy atom. The number of hydrogen-bond donors (Lipinski definition) is 1. The van der Waals surface area contributed by atoms with E-state index in [1.165, 1.54) is 30.4 Å². The summed E-state index contributed by atoms with van der Waals surface area (Å²) < 4.78 is 50.5. The zero-order chi connectivity index (χ0) is 22.5. The van der Waals surface area contributed by atoms with Crippen LogP contribution in [-0.2, 0) is 16.1 Å². The SMILES string of the molecule is Cc1nc(COc2ccc(C(=O)OC(C)C(=O)Nc3ccc(F)c(F)c3F)cc2)cs1. The van der Waals surface area contributed by atoms with Gasteiger partial charge in [0.15, 0.2) is 23.6 Å². The summed E-state index contributed by atoms with van der Waals surface area (Å²) in [6.45, 7) is 3.44. The van der Waals surface area contributed by atoms with Crippen molar-refractivity contribution in [2.75, 3.05) is 5.32 Å².